The lowest BCUT2D eigenvalue weighted by molar-refractivity contribution is 0.122. The van der Waals surface area contributed by atoms with Gasteiger partial charge < -0.3 is 29.9 Å². The van der Waals surface area contributed by atoms with Crippen LogP contribution in [0.2, 0.25) is 0 Å². The number of fused-ring (bicyclic) bond motifs is 1. The lowest BCUT2D eigenvalue weighted by Crippen LogP contribution is -2.54. The first-order chi connectivity index (χ1) is 13.5. The molecule has 4 rings (SSSR count). The van der Waals surface area contributed by atoms with Crippen molar-refractivity contribution >= 4 is 11.9 Å². The van der Waals surface area contributed by atoms with Crippen molar-refractivity contribution in [3.8, 4) is 6.01 Å². The molecule has 0 spiro atoms. The number of carboxylic acid groups (broad SMARTS) is 1. The average molecular weight is 390 g/mol. The zero-order valence-corrected chi connectivity index (χ0v) is 16.7. The third-order valence-electron chi connectivity index (χ3n) is 6.14. The standard InChI is InChI=1S/C19H30N6O3/c1-13-11-24(8-9-25(13)19(26)27)17-15-5-6-20-10-16(15)21-18(22-17)28-12-14-4-3-7-23(14)2/h13-14,20H,3-12H2,1-2H3,(H,26,27). The monoisotopic (exact) mass is 390 g/mol. The van der Waals surface area contributed by atoms with Crippen LogP contribution in [0.4, 0.5) is 10.6 Å². The third-order valence-corrected chi connectivity index (χ3v) is 6.14. The molecule has 1 amide bonds. The van der Waals surface area contributed by atoms with Gasteiger partial charge in [0.2, 0.25) is 0 Å². The molecular weight excluding hydrogens is 360 g/mol. The first-order valence-corrected chi connectivity index (χ1v) is 10.2. The maximum atomic E-state index is 11.4. The molecule has 0 bridgehead atoms. The predicted molar refractivity (Wildman–Crippen MR) is 105 cm³/mol. The minimum atomic E-state index is -0.856. The highest BCUT2D eigenvalue weighted by molar-refractivity contribution is 5.66. The fourth-order valence-electron chi connectivity index (χ4n) is 4.44. The van der Waals surface area contributed by atoms with E-state index in [1.165, 1.54) is 16.9 Å². The summed E-state index contributed by atoms with van der Waals surface area (Å²) in [6, 6.07) is 0.779. The second kappa shape index (κ2) is 8.08. The molecule has 3 aliphatic heterocycles. The molecule has 4 heterocycles. The molecule has 2 atom stereocenters. The number of amides is 1. The summed E-state index contributed by atoms with van der Waals surface area (Å²) in [5, 5.41) is 12.7. The molecule has 28 heavy (non-hydrogen) atoms. The summed E-state index contributed by atoms with van der Waals surface area (Å²) in [6.07, 6.45) is 2.37. The highest BCUT2D eigenvalue weighted by Gasteiger charge is 2.31. The van der Waals surface area contributed by atoms with Gasteiger partial charge in [0.25, 0.3) is 0 Å². The number of piperazine rings is 1. The normalized spacial score (nSPS) is 25.6. The Hall–Kier alpha value is -2.13. The Morgan fingerprint density at radius 2 is 2.18 bits per heavy atom. The fraction of sp³-hybridized carbons (Fsp3) is 0.737. The topological polar surface area (TPSA) is 94.1 Å². The number of rotatable bonds is 4. The van der Waals surface area contributed by atoms with Crippen molar-refractivity contribution < 1.29 is 14.6 Å². The molecule has 0 radical (unpaired) electrons. The molecule has 2 N–H and O–H groups in total. The van der Waals surface area contributed by atoms with Gasteiger partial charge in [0.05, 0.1) is 5.69 Å². The molecule has 3 aliphatic rings. The van der Waals surface area contributed by atoms with E-state index in [9.17, 15) is 9.90 Å². The Morgan fingerprint density at radius 3 is 2.89 bits per heavy atom. The quantitative estimate of drug-likeness (QED) is 0.779. The first kappa shape index (κ1) is 19.2. The zero-order valence-electron chi connectivity index (χ0n) is 16.7. The molecule has 0 aromatic carbocycles. The Kier molecular flexibility index (Phi) is 5.54. The van der Waals surface area contributed by atoms with Crippen LogP contribution in [0, 0.1) is 0 Å². The number of hydrogen-bond acceptors (Lipinski definition) is 7. The van der Waals surface area contributed by atoms with Crippen LogP contribution in [0.5, 0.6) is 6.01 Å². The highest BCUT2D eigenvalue weighted by atomic mass is 16.5. The first-order valence-electron chi connectivity index (χ1n) is 10.2. The summed E-state index contributed by atoms with van der Waals surface area (Å²) in [5.74, 6) is 0.915. The van der Waals surface area contributed by atoms with Crippen molar-refractivity contribution in [1.29, 1.82) is 0 Å². The maximum absolute atomic E-state index is 11.4. The SMILES string of the molecule is CC1CN(c2nc(OCC3CCCN3C)nc3c2CCNC3)CCN1C(=O)O. The Morgan fingerprint density at radius 1 is 1.32 bits per heavy atom. The molecule has 154 valence electrons. The van der Waals surface area contributed by atoms with Gasteiger partial charge in [-0.15, -0.1) is 0 Å². The predicted octanol–water partition coefficient (Wildman–Crippen LogP) is 0.784. The number of nitrogens with zero attached hydrogens (tertiary/aromatic N) is 5. The van der Waals surface area contributed by atoms with Crippen LogP contribution in [0.1, 0.15) is 31.0 Å². The van der Waals surface area contributed by atoms with E-state index in [1.54, 1.807) is 0 Å². The zero-order chi connectivity index (χ0) is 19.7. The lowest BCUT2D eigenvalue weighted by Gasteiger charge is -2.40. The number of likely N-dealkylation sites (tertiary alicyclic amines) is 1. The highest BCUT2D eigenvalue weighted by Crippen LogP contribution is 2.28. The summed E-state index contributed by atoms with van der Waals surface area (Å²) < 4.78 is 6.02. The number of anilines is 1. The Labute approximate surface area is 165 Å². The van der Waals surface area contributed by atoms with E-state index >= 15 is 0 Å². The molecule has 0 aliphatic carbocycles. The van der Waals surface area contributed by atoms with Gasteiger partial charge in [0, 0.05) is 43.8 Å². The van der Waals surface area contributed by atoms with Crippen LogP contribution in [-0.4, -0.2) is 89.4 Å². The molecular formula is C19H30N6O3. The van der Waals surface area contributed by atoms with Crippen molar-refractivity contribution in [3.05, 3.63) is 11.3 Å². The molecule has 2 fully saturated rings. The van der Waals surface area contributed by atoms with Gasteiger partial charge in [-0.2, -0.15) is 9.97 Å². The average Bonchev–Trinajstić information content (AvgIpc) is 3.10. The summed E-state index contributed by atoms with van der Waals surface area (Å²) in [7, 11) is 2.13. The van der Waals surface area contributed by atoms with Gasteiger partial charge in [0.1, 0.15) is 12.4 Å². The summed E-state index contributed by atoms with van der Waals surface area (Å²) in [6.45, 7) is 7.04. The summed E-state index contributed by atoms with van der Waals surface area (Å²) in [4.78, 5) is 26.9. The second-order valence-corrected chi connectivity index (χ2v) is 8.04. The van der Waals surface area contributed by atoms with Crippen LogP contribution in [0.15, 0.2) is 0 Å². The second-order valence-electron chi connectivity index (χ2n) is 8.04. The molecule has 2 unspecified atom stereocenters. The van der Waals surface area contributed by atoms with Gasteiger partial charge in [-0.05, 0) is 46.3 Å². The van der Waals surface area contributed by atoms with Gasteiger partial charge in [-0.25, -0.2) is 4.79 Å². The number of hydrogen-bond donors (Lipinski definition) is 2. The van der Waals surface area contributed by atoms with Gasteiger partial charge in [-0.3, -0.25) is 0 Å². The van der Waals surface area contributed by atoms with E-state index in [2.05, 4.69) is 27.1 Å². The van der Waals surface area contributed by atoms with E-state index in [-0.39, 0.29) is 6.04 Å². The van der Waals surface area contributed by atoms with Gasteiger partial charge in [0.15, 0.2) is 0 Å². The largest absolute Gasteiger partial charge is 0.465 e. The molecule has 9 nitrogen and oxygen atoms in total. The van der Waals surface area contributed by atoms with E-state index < -0.39 is 6.09 Å². The van der Waals surface area contributed by atoms with Crippen LogP contribution < -0.4 is 15.0 Å². The van der Waals surface area contributed by atoms with Crippen LogP contribution >= 0.6 is 0 Å². The smallest absolute Gasteiger partial charge is 0.407 e. The van der Waals surface area contributed by atoms with Crippen molar-refractivity contribution in [2.24, 2.45) is 0 Å². The number of nitrogens with one attached hydrogen (secondary N) is 1. The fourth-order valence-corrected chi connectivity index (χ4v) is 4.44. The summed E-state index contributed by atoms with van der Waals surface area (Å²) >= 11 is 0. The number of ether oxygens (including phenoxy) is 1. The minimum Gasteiger partial charge on any atom is -0.465 e. The van der Waals surface area contributed by atoms with E-state index in [0.29, 0.717) is 38.3 Å². The van der Waals surface area contributed by atoms with E-state index in [4.69, 9.17) is 9.72 Å². The Bertz CT molecular complexity index is 730. The molecule has 1 aromatic rings. The van der Waals surface area contributed by atoms with Crippen LogP contribution in [0.25, 0.3) is 0 Å². The van der Waals surface area contributed by atoms with Crippen molar-refractivity contribution in [2.75, 3.05) is 51.3 Å². The van der Waals surface area contributed by atoms with Gasteiger partial charge >= 0.3 is 12.1 Å². The van der Waals surface area contributed by atoms with Crippen molar-refractivity contribution in [2.45, 2.75) is 44.8 Å². The number of aromatic nitrogens is 2. The number of carbonyl (C=O) groups is 1. The molecule has 9 heteroatoms. The summed E-state index contributed by atoms with van der Waals surface area (Å²) in [5.41, 5.74) is 2.17. The van der Waals surface area contributed by atoms with E-state index in [0.717, 1.165) is 44.0 Å². The van der Waals surface area contributed by atoms with Crippen molar-refractivity contribution in [3.63, 3.8) is 0 Å². The molecule has 0 saturated carbocycles. The third kappa shape index (κ3) is 3.86. The lowest BCUT2D eigenvalue weighted by atomic mass is 10.1. The molecule has 1 aromatic heterocycles. The van der Waals surface area contributed by atoms with Crippen molar-refractivity contribution in [1.82, 2.24) is 25.1 Å². The maximum Gasteiger partial charge on any atom is 0.407 e. The van der Waals surface area contributed by atoms with Crippen LogP contribution in [0.3, 0.4) is 0 Å². The Balaban J connectivity index is 1.54. The van der Waals surface area contributed by atoms with E-state index in [1.807, 2.05) is 6.92 Å². The minimum absolute atomic E-state index is 0.0740. The number of likely N-dealkylation sites (N-methyl/N-ethyl adjacent to an activating group) is 1. The van der Waals surface area contributed by atoms with Crippen LogP contribution in [-0.2, 0) is 13.0 Å². The molecule has 2 saturated heterocycles. The van der Waals surface area contributed by atoms with Gasteiger partial charge in [-0.1, -0.05) is 0 Å².